The van der Waals surface area contributed by atoms with Crippen molar-refractivity contribution in [2.45, 2.75) is 58.4 Å². The van der Waals surface area contributed by atoms with Crippen LogP contribution >= 0.6 is 11.3 Å². The number of hydrogen-bond acceptors (Lipinski definition) is 5. The molecule has 1 fully saturated rings. The average Bonchev–Trinajstić information content (AvgIpc) is 3.39. The topological polar surface area (TPSA) is 56.5 Å². The maximum absolute atomic E-state index is 13.6. The van der Waals surface area contributed by atoms with Gasteiger partial charge in [-0.25, -0.2) is 4.79 Å². The van der Waals surface area contributed by atoms with Crippen molar-refractivity contribution >= 4 is 21.6 Å². The molecule has 0 radical (unpaired) electrons. The standard InChI is InChI=1S/C24H29N3O3S/c1-24(2)14-19-18(16-30-24)20-21(31-19)22(28)27(15-17-8-4-3-5-9-17)23(29)26(20)13-12-25-10-6-7-11-25/h3-5,8-9H,6-7,10-16H2,1-2H3. The fourth-order valence-corrected chi connectivity index (χ4v) is 6.21. The Morgan fingerprint density at radius 3 is 2.52 bits per heavy atom. The zero-order valence-corrected chi connectivity index (χ0v) is 19.0. The highest BCUT2D eigenvalue weighted by atomic mass is 32.1. The van der Waals surface area contributed by atoms with Gasteiger partial charge in [0, 0.05) is 30.0 Å². The highest BCUT2D eigenvalue weighted by molar-refractivity contribution is 7.19. The first-order valence-corrected chi connectivity index (χ1v) is 11.9. The zero-order valence-electron chi connectivity index (χ0n) is 18.2. The summed E-state index contributed by atoms with van der Waals surface area (Å²) in [6, 6.07) is 9.74. The Morgan fingerprint density at radius 2 is 1.77 bits per heavy atom. The molecule has 6 nitrogen and oxygen atoms in total. The minimum Gasteiger partial charge on any atom is -0.370 e. The maximum atomic E-state index is 13.6. The van der Waals surface area contributed by atoms with Crippen LogP contribution in [0.4, 0.5) is 0 Å². The minimum absolute atomic E-state index is 0.182. The van der Waals surface area contributed by atoms with Crippen molar-refractivity contribution in [2.75, 3.05) is 19.6 Å². The van der Waals surface area contributed by atoms with Crippen LogP contribution in [0, 0.1) is 0 Å². The SMILES string of the molecule is CC1(C)Cc2sc3c(=O)n(Cc4ccccc4)c(=O)n(CCN4CCCC4)c3c2CO1. The summed E-state index contributed by atoms with van der Waals surface area (Å²) in [5, 5.41) is 0. The monoisotopic (exact) mass is 439 g/mol. The second-order valence-electron chi connectivity index (χ2n) is 9.27. The van der Waals surface area contributed by atoms with Crippen LogP contribution in [0.25, 0.3) is 10.2 Å². The van der Waals surface area contributed by atoms with Crippen molar-refractivity contribution in [3.05, 3.63) is 67.2 Å². The van der Waals surface area contributed by atoms with Crippen molar-refractivity contribution < 1.29 is 4.74 Å². The molecule has 0 atom stereocenters. The normalized spacial score (nSPS) is 18.5. The van der Waals surface area contributed by atoms with E-state index in [0.717, 1.165) is 42.7 Å². The summed E-state index contributed by atoms with van der Waals surface area (Å²) in [4.78, 5) is 30.6. The van der Waals surface area contributed by atoms with Crippen LogP contribution in [0.1, 0.15) is 42.7 Å². The molecule has 2 aromatic heterocycles. The lowest BCUT2D eigenvalue weighted by atomic mass is 9.98. The molecule has 5 rings (SSSR count). The molecule has 2 aliphatic rings. The quantitative estimate of drug-likeness (QED) is 0.613. The molecule has 164 valence electrons. The van der Waals surface area contributed by atoms with Crippen molar-refractivity contribution in [3.8, 4) is 0 Å². The Bertz CT molecular complexity index is 1220. The number of hydrogen-bond donors (Lipinski definition) is 0. The fraction of sp³-hybridized carbons (Fsp3) is 0.500. The molecule has 0 bridgehead atoms. The van der Waals surface area contributed by atoms with E-state index in [9.17, 15) is 9.59 Å². The van der Waals surface area contributed by atoms with Gasteiger partial charge < -0.3 is 9.64 Å². The number of nitrogens with zero attached hydrogens (tertiary/aromatic N) is 3. The molecule has 0 aliphatic carbocycles. The van der Waals surface area contributed by atoms with E-state index in [1.165, 1.54) is 22.3 Å². The highest BCUT2D eigenvalue weighted by Gasteiger charge is 2.31. The molecule has 0 unspecified atom stereocenters. The smallest absolute Gasteiger partial charge is 0.331 e. The number of rotatable bonds is 5. The van der Waals surface area contributed by atoms with Crippen molar-refractivity contribution in [2.24, 2.45) is 0 Å². The second-order valence-corrected chi connectivity index (χ2v) is 10.4. The van der Waals surface area contributed by atoms with E-state index >= 15 is 0 Å². The Kier molecular flexibility index (Phi) is 5.36. The van der Waals surface area contributed by atoms with Gasteiger partial charge in [0.1, 0.15) is 4.70 Å². The molecule has 7 heteroatoms. The molecule has 1 saturated heterocycles. The van der Waals surface area contributed by atoms with Crippen LogP contribution in [0.5, 0.6) is 0 Å². The van der Waals surface area contributed by atoms with Gasteiger partial charge in [0.15, 0.2) is 0 Å². The number of aromatic nitrogens is 2. The van der Waals surface area contributed by atoms with Crippen LogP contribution in [0.3, 0.4) is 0 Å². The molecule has 1 aromatic carbocycles. The summed E-state index contributed by atoms with van der Waals surface area (Å²) in [5.41, 5.74) is 2.13. The van der Waals surface area contributed by atoms with Gasteiger partial charge in [0.2, 0.25) is 0 Å². The lowest BCUT2D eigenvalue weighted by molar-refractivity contribution is -0.0384. The van der Waals surface area contributed by atoms with Gasteiger partial charge in [0.25, 0.3) is 5.56 Å². The molecule has 4 heterocycles. The van der Waals surface area contributed by atoms with Gasteiger partial charge in [-0.2, -0.15) is 0 Å². The number of ether oxygens (including phenoxy) is 1. The van der Waals surface area contributed by atoms with E-state index in [1.807, 2.05) is 34.9 Å². The number of benzene rings is 1. The lowest BCUT2D eigenvalue weighted by Crippen LogP contribution is -2.41. The molecule has 3 aromatic rings. The van der Waals surface area contributed by atoms with Gasteiger partial charge >= 0.3 is 5.69 Å². The third kappa shape index (κ3) is 3.90. The Labute approximate surface area is 185 Å². The first kappa shape index (κ1) is 20.7. The molecule has 0 saturated carbocycles. The highest BCUT2D eigenvalue weighted by Crippen LogP contribution is 2.37. The Hall–Kier alpha value is -2.22. The average molecular weight is 440 g/mol. The minimum atomic E-state index is -0.252. The molecular formula is C24H29N3O3S. The molecule has 0 amide bonds. The van der Waals surface area contributed by atoms with Crippen LogP contribution in [-0.4, -0.2) is 39.3 Å². The largest absolute Gasteiger partial charge is 0.370 e. The van der Waals surface area contributed by atoms with E-state index in [1.54, 1.807) is 11.3 Å². The van der Waals surface area contributed by atoms with E-state index in [4.69, 9.17) is 4.74 Å². The summed E-state index contributed by atoms with van der Waals surface area (Å²) in [6.07, 6.45) is 3.20. The Balaban J connectivity index is 1.65. The van der Waals surface area contributed by atoms with Gasteiger partial charge in [-0.05, 0) is 45.3 Å². The van der Waals surface area contributed by atoms with E-state index in [2.05, 4.69) is 18.7 Å². The van der Waals surface area contributed by atoms with Gasteiger partial charge in [0.05, 0.1) is 24.3 Å². The number of fused-ring (bicyclic) bond motifs is 3. The summed E-state index contributed by atoms with van der Waals surface area (Å²) in [6.45, 7) is 8.49. The number of likely N-dealkylation sites (tertiary alicyclic amines) is 1. The van der Waals surface area contributed by atoms with Crippen molar-refractivity contribution in [1.82, 2.24) is 14.0 Å². The second kappa shape index (κ2) is 8.04. The lowest BCUT2D eigenvalue weighted by Gasteiger charge is -2.30. The molecule has 0 N–H and O–H groups in total. The summed E-state index contributed by atoms with van der Waals surface area (Å²) < 4.78 is 10.0. The van der Waals surface area contributed by atoms with Crippen molar-refractivity contribution in [1.29, 1.82) is 0 Å². The first-order valence-electron chi connectivity index (χ1n) is 11.1. The third-order valence-electron chi connectivity index (χ3n) is 6.45. The maximum Gasteiger partial charge on any atom is 0.331 e. The summed E-state index contributed by atoms with van der Waals surface area (Å²) >= 11 is 1.55. The zero-order chi connectivity index (χ0) is 21.6. The molecular weight excluding hydrogens is 410 g/mol. The van der Waals surface area contributed by atoms with E-state index in [0.29, 0.717) is 24.4 Å². The predicted molar refractivity (Wildman–Crippen MR) is 124 cm³/mol. The molecule has 31 heavy (non-hydrogen) atoms. The predicted octanol–water partition coefficient (Wildman–Crippen LogP) is 3.22. The van der Waals surface area contributed by atoms with E-state index in [-0.39, 0.29) is 16.9 Å². The fourth-order valence-electron chi connectivity index (χ4n) is 4.74. The first-order chi connectivity index (χ1) is 14.9. The van der Waals surface area contributed by atoms with Gasteiger partial charge in [-0.3, -0.25) is 13.9 Å². The molecule has 0 spiro atoms. The molecule has 2 aliphatic heterocycles. The van der Waals surface area contributed by atoms with Gasteiger partial charge in [-0.1, -0.05) is 30.3 Å². The third-order valence-corrected chi connectivity index (χ3v) is 7.66. The van der Waals surface area contributed by atoms with Crippen LogP contribution < -0.4 is 11.2 Å². The van der Waals surface area contributed by atoms with Crippen molar-refractivity contribution in [3.63, 3.8) is 0 Å². The van der Waals surface area contributed by atoms with Crippen LogP contribution in [0.15, 0.2) is 39.9 Å². The van der Waals surface area contributed by atoms with Gasteiger partial charge in [-0.15, -0.1) is 11.3 Å². The van der Waals surface area contributed by atoms with Crippen LogP contribution in [-0.2, 0) is 30.9 Å². The summed E-state index contributed by atoms with van der Waals surface area (Å²) in [7, 11) is 0. The number of thiophene rings is 1. The van der Waals surface area contributed by atoms with E-state index < -0.39 is 0 Å². The Morgan fingerprint density at radius 1 is 1.03 bits per heavy atom. The summed E-state index contributed by atoms with van der Waals surface area (Å²) in [5.74, 6) is 0. The van der Waals surface area contributed by atoms with Crippen LogP contribution in [0.2, 0.25) is 0 Å².